The van der Waals surface area contributed by atoms with Crippen molar-refractivity contribution in [3.05, 3.63) is 40.8 Å². The van der Waals surface area contributed by atoms with Gasteiger partial charge in [0.1, 0.15) is 11.3 Å². The molecule has 160 valence electrons. The lowest BCUT2D eigenvalue weighted by molar-refractivity contribution is -0.134. The summed E-state index contributed by atoms with van der Waals surface area (Å²) < 4.78 is 10.5. The summed E-state index contributed by atoms with van der Waals surface area (Å²) in [5.41, 5.74) is 0.0247. The van der Waals surface area contributed by atoms with Crippen LogP contribution in [0.4, 0.5) is 0 Å². The molecule has 0 saturated carbocycles. The molecular weight excluding hydrogens is 364 g/mol. The second-order valence-electron chi connectivity index (χ2n) is 7.92. The molecule has 0 bridgehead atoms. The summed E-state index contributed by atoms with van der Waals surface area (Å²) in [6.45, 7) is 2.26. The van der Waals surface area contributed by atoms with Gasteiger partial charge in [-0.25, -0.2) is 4.79 Å². The summed E-state index contributed by atoms with van der Waals surface area (Å²) in [7, 11) is 0. The van der Waals surface area contributed by atoms with Crippen LogP contribution in [0.25, 0.3) is 11.0 Å². The number of esters is 1. The Morgan fingerprint density at radius 2 is 1.34 bits per heavy atom. The van der Waals surface area contributed by atoms with Crippen molar-refractivity contribution in [2.75, 3.05) is 0 Å². The van der Waals surface area contributed by atoms with Crippen LogP contribution in [0.5, 0.6) is 5.75 Å². The molecule has 0 unspecified atom stereocenters. The van der Waals surface area contributed by atoms with Gasteiger partial charge in [-0.3, -0.25) is 4.79 Å². The fourth-order valence-corrected chi connectivity index (χ4v) is 3.57. The number of hydrogen-bond acceptors (Lipinski definition) is 4. The zero-order valence-electron chi connectivity index (χ0n) is 17.9. The number of benzene rings is 1. The Hall–Kier alpha value is -2.10. The Bertz CT molecular complexity index is 778. The number of carbonyl (C=O) groups is 1. The van der Waals surface area contributed by atoms with Gasteiger partial charge in [-0.1, -0.05) is 84.0 Å². The molecule has 0 aliphatic heterocycles. The largest absolute Gasteiger partial charge is 0.426 e. The lowest BCUT2D eigenvalue weighted by Gasteiger charge is -2.05. The predicted molar refractivity (Wildman–Crippen MR) is 118 cm³/mol. The molecule has 0 radical (unpaired) electrons. The van der Waals surface area contributed by atoms with Gasteiger partial charge in [0.15, 0.2) is 0 Å². The van der Waals surface area contributed by atoms with Crippen LogP contribution >= 0.6 is 0 Å². The quantitative estimate of drug-likeness (QED) is 0.137. The Morgan fingerprint density at radius 3 is 1.97 bits per heavy atom. The topological polar surface area (TPSA) is 56.5 Å². The molecule has 1 aromatic carbocycles. The first kappa shape index (κ1) is 23.2. The number of carbonyl (C=O) groups excluding carboxylic acids is 1. The number of ether oxygens (including phenoxy) is 1. The van der Waals surface area contributed by atoms with Gasteiger partial charge >= 0.3 is 11.6 Å². The number of hydrogen-bond donors (Lipinski definition) is 0. The van der Waals surface area contributed by atoms with E-state index in [1.165, 1.54) is 76.7 Å². The summed E-state index contributed by atoms with van der Waals surface area (Å²) >= 11 is 0. The summed E-state index contributed by atoms with van der Waals surface area (Å²) in [6.07, 6.45) is 17.1. The van der Waals surface area contributed by atoms with E-state index in [4.69, 9.17) is 9.15 Å². The van der Waals surface area contributed by atoms with E-state index >= 15 is 0 Å². The fraction of sp³-hybridized carbons (Fsp3) is 0.600. The molecule has 0 saturated heterocycles. The molecule has 4 heteroatoms. The molecule has 4 nitrogen and oxygen atoms in total. The van der Waals surface area contributed by atoms with E-state index in [1.807, 2.05) is 0 Å². The van der Waals surface area contributed by atoms with Crippen molar-refractivity contribution in [3.63, 3.8) is 0 Å². The van der Waals surface area contributed by atoms with E-state index in [-0.39, 0.29) is 5.97 Å². The minimum atomic E-state index is -0.409. The summed E-state index contributed by atoms with van der Waals surface area (Å²) in [4.78, 5) is 23.3. The van der Waals surface area contributed by atoms with E-state index in [2.05, 4.69) is 6.92 Å². The number of rotatable bonds is 15. The van der Waals surface area contributed by atoms with Crippen LogP contribution in [-0.4, -0.2) is 5.97 Å². The monoisotopic (exact) mass is 400 g/mol. The van der Waals surface area contributed by atoms with Gasteiger partial charge < -0.3 is 9.15 Å². The smallest absolute Gasteiger partial charge is 0.336 e. The molecule has 2 rings (SSSR count). The van der Waals surface area contributed by atoms with Crippen molar-refractivity contribution in [3.8, 4) is 5.75 Å². The Labute approximate surface area is 174 Å². The van der Waals surface area contributed by atoms with Gasteiger partial charge in [-0.2, -0.15) is 0 Å². The zero-order chi connectivity index (χ0) is 20.7. The van der Waals surface area contributed by atoms with Crippen LogP contribution in [0.3, 0.4) is 0 Å². The highest BCUT2D eigenvalue weighted by Gasteiger charge is 2.07. The molecule has 29 heavy (non-hydrogen) atoms. The average molecular weight is 401 g/mol. The van der Waals surface area contributed by atoms with Crippen molar-refractivity contribution in [2.24, 2.45) is 0 Å². The Kier molecular flexibility index (Phi) is 11.2. The fourth-order valence-electron chi connectivity index (χ4n) is 3.57. The highest BCUT2D eigenvalue weighted by molar-refractivity contribution is 5.79. The molecule has 0 fully saturated rings. The van der Waals surface area contributed by atoms with Crippen LogP contribution in [0.15, 0.2) is 39.5 Å². The molecule has 0 atom stereocenters. The van der Waals surface area contributed by atoms with Crippen LogP contribution in [0.2, 0.25) is 0 Å². The van der Waals surface area contributed by atoms with E-state index in [1.54, 1.807) is 24.3 Å². The van der Waals surface area contributed by atoms with Gasteiger partial charge in [0.25, 0.3) is 0 Å². The summed E-state index contributed by atoms with van der Waals surface area (Å²) in [6, 6.07) is 8.18. The standard InChI is InChI=1S/C25H36O4/c1-2-3-4-5-6-7-8-9-10-11-12-13-14-15-24(26)28-22-18-16-21-17-19-25(27)29-23(21)20-22/h16-20H,2-15H2,1H3. The number of unbranched alkanes of at least 4 members (excludes halogenated alkanes) is 12. The maximum absolute atomic E-state index is 12.0. The first-order valence-electron chi connectivity index (χ1n) is 11.4. The van der Waals surface area contributed by atoms with Gasteiger partial charge in [0.2, 0.25) is 0 Å². The first-order valence-corrected chi connectivity index (χ1v) is 11.4. The minimum Gasteiger partial charge on any atom is -0.426 e. The van der Waals surface area contributed by atoms with Crippen molar-refractivity contribution in [2.45, 2.75) is 96.8 Å². The molecule has 0 aliphatic carbocycles. The normalized spacial score (nSPS) is 11.1. The molecule has 2 aromatic rings. The van der Waals surface area contributed by atoms with Crippen LogP contribution in [0, 0.1) is 0 Å². The van der Waals surface area contributed by atoms with E-state index in [0.717, 1.165) is 18.2 Å². The second kappa shape index (κ2) is 14.0. The number of fused-ring (bicyclic) bond motifs is 1. The minimum absolute atomic E-state index is 0.231. The summed E-state index contributed by atoms with van der Waals surface area (Å²) in [5.74, 6) is 0.192. The third kappa shape index (κ3) is 9.78. The molecule has 0 N–H and O–H groups in total. The molecule has 0 spiro atoms. The molecule has 0 aliphatic rings. The van der Waals surface area contributed by atoms with Gasteiger partial charge in [-0.05, 0) is 24.6 Å². The molecule has 0 amide bonds. The van der Waals surface area contributed by atoms with E-state index in [9.17, 15) is 9.59 Å². The highest BCUT2D eigenvalue weighted by atomic mass is 16.5. The highest BCUT2D eigenvalue weighted by Crippen LogP contribution is 2.20. The van der Waals surface area contributed by atoms with Crippen molar-refractivity contribution < 1.29 is 13.9 Å². The maximum atomic E-state index is 12.0. The van der Waals surface area contributed by atoms with Crippen LogP contribution in [0.1, 0.15) is 96.8 Å². The molecular formula is C25H36O4. The third-order valence-electron chi connectivity index (χ3n) is 5.31. The van der Waals surface area contributed by atoms with Gasteiger partial charge in [0, 0.05) is 23.9 Å². The average Bonchev–Trinajstić information content (AvgIpc) is 2.71. The maximum Gasteiger partial charge on any atom is 0.336 e. The van der Waals surface area contributed by atoms with Crippen LogP contribution in [-0.2, 0) is 4.79 Å². The summed E-state index contributed by atoms with van der Waals surface area (Å²) in [5, 5.41) is 0.806. The predicted octanol–water partition coefficient (Wildman–Crippen LogP) is 7.18. The SMILES string of the molecule is CCCCCCCCCCCCCCCC(=O)Oc1ccc2ccc(=O)oc2c1. The van der Waals surface area contributed by atoms with E-state index < -0.39 is 5.63 Å². The molecule has 1 heterocycles. The zero-order valence-corrected chi connectivity index (χ0v) is 17.9. The van der Waals surface area contributed by atoms with Gasteiger partial charge in [-0.15, -0.1) is 0 Å². The van der Waals surface area contributed by atoms with Gasteiger partial charge in [0.05, 0.1) is 0 Å². The second-order valence-corrected chi connectivity index (χ2v) is 7.92. The van der Waals surface area contributed by atoms with Crippen molar-refractivity contribution in [1.82, 2.24) is 0 Å². The lowest BCUT2D eigenvalue weighted by atomic mass is 10.0. The van der Waals surface area contributed by atoms with Crippen LogP contribution < -0.4 is 10.4 Å². The third-order valence-corrected chi connectivity index (χ3v) is 5.31. The Balaban J connectivity index is 1.48. The van der Waals surface area contributed by atoms with E-state index in [0.29, 0.717) is 17.8 Å². The lowest BCUT2D eigenvalue weighted by Crippen LogP contribution is -2.07. The van der Waals surface area contributed by atoms with Crippen molar-refractivity contribution in [1.29, 1.82) is 0 Å². The Morgan fingerprint density at radius 1 is 0.793 bits per heavy atom. The first-order chi connectivity index (χ1) is 14.2. The van der Waals surface area contributed by atoms with Crippen molar-refractivity contribution >= 4 is 16.9 Å². The molecule has 1 aromatic heterocycles.